The van der Waals surface area contributed by atoms with Gasteiger partial charge >= 0.3 is 0 Å². The maximum Gasteiger partial charge on any atom is 0.250 e. The molecule has 0 fully saturated rings. The fourth-order valence-corrected chi connectivity index (χ4v) is 3.69. The van der Waals surface area contributed by atoms with Gasteiger partial charge in [0.15, 0.2) is 10.1 Å². The Morgan fingerprint density at radius 2 is 1.69 bits per heavy atom. The molecule has 1 N–H and O–H groups in total. The minimum absolute atomic E-state index is 0.0298. The third-order valence-corrected chi connectivity index (χ3v) is 5.26. The van der Waals surface area contributed by atoms with E-state index in [-0.39, 0.29) is 17.4 Å². The van der Waals surface area contributed by atoms with Crippen molar-refractivity contribution in [3.8, 4) is 0 Å². The smallest absolute Gasteiger partial charge is 0.250 e. The Labute approximate surface area is 159 Å². The van der Waals surface area contributed by atoms with Crippen molar-refractivity contribution in [3.63, 3.8) is 0 Å². The molecular weight excluding hydrogens is 366 g/mol. The van der Waals surface area contributed by atoms with E-state index in [4.69, 9.17) is 0 Å². The number of anilines is 1. The van der Waals surface area contributed by atoms with Crippen LogP contribution in [0.25, 0.3) is 6.08 Å². The molecule has 0 aliphatic carbocycles. The number of ketones is 1. The molecule has 0 bridgehead atoms. The first kappa shape index (κ1) is 18.0. The van der Waals surface area contributed by atoms with Crippen LogP contribution >= 0.6 is 23.1 Å². The second kappa shape index (κ2) is 9.07. The highest BCUT2D eigenvalue weighted by Gasteiger charge is 2.10. The van der Waals surface area contributed by atoms with Crippen LogP contribution in [0, 0.1) is 0 Å². The Hall–Kier alpha value is -2.77. The summed E-state index contributed by atoms with van der Waals surface area (Å²) in [6, 6.07) is 18.7. The fraction of sp³-hybridized carbons (Fsp3) is 0.0526. The predicted molar refractivity (Wildman–Crippen MR) is 106 cm³/mol. The number of hydrogen-bond acceptors (Lipinski definition) is 6. The number of rotatable bonds is 7. The van der Waals surface area contributed by atoms with Crippen LogP contribution < -0.4 is 5.32 Å². The zero-order valence-corrected chi connectivity index (χ0v) is 15.3. The SMILES string of the molecule is O=C(C=Cc1ccccc1)Nc1nnc(SCC(=O)c2ccccc2)s1. The van der Waals surface area contributed by atoms with Gasteiger partial charge in [0.1, 0.15) is 0 Å². The molecule has 0 unspecified atom stereocenters. The topological polar surface area (TPSA) is 72.0 Å². The zero-order chi connectivity index (χ0) is 18.2. The van der Waals surface area contributed by atoms with Crippen LogP contribution in [0.15, 0.2) is 71.1 Å². The molecule has 1 heterocycles. The van der Waals surface area contributed by atoms with Crippen molar-refractivity contribution in [2.24, 2.45) is 0 Å². The van der Waals surface area contributed by atoms with Gasteiger partial charge in [-0.3, -0.25) is 14.9 Å². The van der Waals surface area contributed by atoms with Gasteiger partial charge in [-0.1, -0.05) is 83.8 Å². The fourth-order valence-electron chi connectivity index (χ4n) is 2.04. The number of nitrogens with zero attached hydrogens (tertiary/aromatic N) is 2. The summed E-state index contributed by atoms with van der Waals surface area (Å²) in [7, 11) is 0. The lowest BCUT2D eigenvalue weighted by Crippen LogP contribution is -2.07. The van der Waals surface area contributed by atoms with Crippen LogP contribution in [0.2, 0.25) is 0 Å². The largest absolute Gasteiger partial charge is 0.297 e. The van der Waals surface area contributed by atoms with Crippen LogP contribution in [0.3, 0.4) is 0 Å². The first-order valence-corrected chi connectivity index (χ1v) is 9.59. The molecular formula is C19H15N3O2S2. The van der Waals surface area contributed by atoms with Crippen molar-refractivity contribution in [2.75, 3.05) is 11.1 Å². The van der Waals surface area contributed by atoms with Gasteiger partial charge in [0.2, 0.25) is 11.0 Å². The van der Waals surface area contributed by atoms with Crippen LogP contribution in [0.1, 0.15) is 15.9 Å². The van der Waals surface area contributed by atoms with E-state index in [1.54, 1.807) is 18.2 Å². The van der Waals surface area contributed by atoms with Crippen LogP contribution in [0.4, 0.5) is 5.13 Å². The molecule has 2 aromatic carbocycles. The molecule has 1 aromatic heterocycles. The Balaban J connectivity index is 1.50. The monoisotopic (exact) mass is 381 g/mol. The summed E-state index contributed by atoms with van der Waals surface area (Å²) >= 11 is 2.55. The van der Waals surface area contributed by atoms with Crippen LogP contribution in [-0.4, -0.2) is 27.6 Å². The van der Waals surface area contributed by atoms with Gasteiger partial charge in [-0.25, -0.2) is 0 Å². The van der Waals surface area contributed by atoms with Crippen molar-refractivity contribution >= 4 is 46.0 Å². The lowest BCUT2D eigenvalue weighted by Gasteiger charge is -1.98. The van der Waals surface area contributed by atoms with Crippen molar-refractivity contribution in [3.05, 3.63) is 77.9 Å². The van der Waals surface area contributed by atoms with Gasteiger partial charge in [0.25, 0.3) is 0 Å². The van der Waals surface area contributed by atoms with E-state index in [9.17, 15) is 9.59 Å². The van der Waals surface area contributed by atoms with Crippen molar-refractivity contribution in [1.82, 2.24) is 10.2 Å². The maximum atomic E-state index is 12.1. The second-order valence-electron chi connectivity index (χ2n) is 5.18. The molecule has 0 spiro atoms. The number of nitrogens with one attached hydrogen (secondary N) is 1. The van der Waals surface area contributed by atoms with E-state index in [1.807, 2.05) is 48.5 Å². The number of aromatic nitrogens is 2. The standard InChI is InChI=1S/C19H15N3O2S2/c23-16(15-9-5-2-6-10-15)13-25-19-22-21-18(26-19)20-17(24)12-11-14-7-3-1-4-8-14/h1-12H,13H2,(H,20,21,24). The normalized spacial score (nSPS) is 10.8. The summed E-state index contributed by atoms with van der Waals surface area (Å²) in [6.07, 6.45) is 3.17. The van der Waals surface area contributed by atoms with Gasteiger partial charge in [-0.15, -0.1) is 10.2 Å². The summed E-state index contributed by atoms with van der Waals surface area (Å²) in [5.74, 6) is 0.0321. The highest BCUT2D eigenvalue weighted by Crippen LogP contribution is 2.26. The maximum absolute atomic E-state index is 12.1. The predicted octanol–water partition coefficient (Wildman–Crippen LogP) is 4.17. The number of hydrogen-bond donors (Lipinski definition) is 1. The quantitative estimate of drug-likeness (QED) is 0.288. The van der Waals surface area contributed by atoms with Crippen molar-refractivity contribution in [2.45, 2.75) is 4.34 Å². The van der Waals surface area contributed by atoms with Crippen LogP contribution in [0.5, 0.6) is 0 Å². The Morgan fingerprint density at radius 3 is 2.42 bits per heavy atom. The van der Waals surface area contributed by atoms with E-state index < -0.39 is 0 Å². The number of carbonyl (C=O) groups is 2. The Kier molecular flexibility index (Phi) is 6.29. The Morgan fingerprint density at radius 1 is 1.00 bits per heavy atom. The average molecular weight is 381 g/mol. The molecule has 0 aliphatic rings. The third-order valence-electron chi connectivity index (χ3n) is 3.29. The summed E-state index contributed by atoms with van der Waals surface area (Å²) in [6.45, 7) is 0. The molecule has 7 heteroatoms. The summed E-state index contributed by atoms with van der Waals surface area (Å²) in [5, 5.41) is 11.0. The summed E-state index contributed by atoms with van der Waals surface area (Å²) in [4.78, 5) is 24.0. The summed E-state index contributed by atoms with van der Waals surface area (Å²) in [5.41, 5.74) is 1.61. The molecule has 0 saturated heterocycles. The van der Waals surface area contributed by atoms with E-state index in [1.165, 1.54) is 29.2 Å². The van der Waals surface area contributed by atoms with E-state index in [0.29, 0.717) is 15.0 Å². The van der Waals surface area contributed by atoms with Crippen molar-refractivity contribution < 1.29 is 9.59 Å². The molecule has 0 atom stereocenters. The van der Waals surface area contributed by atoms with Gasteiger partial charge in [0, 0.05) is 11.6 Å². The van der Waals surface area contributed by atoms with Gasteiger partial charge < -0.3 is 0 Å². The lowest BCUT2D eigenvalue weighted by atomic mass is 10.2. The molecule has 5 nitrogen and oxygen atoms in total. The van der Waals surface area contributed by atoms with E-state index in [0.717, 1.165) is 5.56 Å². The lowest BCUT2D eigenvalue weighted by molar-refractivity contribution is -0.111. The zero-order valence-electron chi connectivity index (χ0n) is 13.7. The molecule has 0 aliphatic heterocycles. The molecule has 130 valence electrons. The summed E-state index contributed by atoms with van der Waals surface area (Å²) < 4.78 is 0.636. The van der Waals surface area contributed by atoms with E-state index >= 15 is 0 Å². The van der Waals surface area contributed by atoms with Gasteiger partial charge in [0.05, 0.1) is 5.75 Å². The highest BCUT2D eigenvalue weighted by atomic mass is 32.2. The molecule has 0 saturated carbocycles. The first-order valence-electron chi connectivity index (χ1n) is 7.79. The molecule has 3 rings (SSSR count). The van der Waals surface area contributed by atoms with Gasteiger partial charge in [-0.2, -0.15) is 0 Å². The van der Waals surface area contributed by atoms with Crippen LogP contribution in [-0.2, 0) is 4.79 Å². The molecule has 26 heavy (non-hydrogen) atoms. The van der Waals surface area contributed by atoms with E-state index in [2.05, 4.69) is 15.5 Å². The highest BCUT2D eigenvalue weighted by molar-refractivity contribution is 8.01. The molecule has 3 aromatic rings. The second-order valence-corrected chi connectivity index (χ2v) is 7.38. The number of Topliss-reactive ketones (excluding diaryl/α,β-unsaturated/α-hetero) is 1. The average Bonchev–Trinajstić information content (AvgIpc) is 3.13. The minimum atomic E-state index is -0.276. The first-order chi connectivity index (χ1) is 12.7. The third kappa shape index (κ3) is 5.37. The number of benzene rings is 2. The number of thioether (sulfide) groups is 1. The number of amides is 1. The van der Waals surface area contributed by atoms with Crippen molar-refractivity contribution in [1.29, 1.82) is 0 Å². The minimum Gasteiger partial charge on any atom is -0.297 e. The van der Waals surface area contributed by atoms with Gasteiger partial charge in [-0.05, 0) is 11.6 Å². The molecule has 0 radical (unpaired) electrons. The number of carbonyl (C=O) groups excluding carboxylic acids is 2. The Bertz CT molecular complexity index is 909. The molecule has 1 amide bonds.